The number of nitrogens with zero attached hydrogens (tertiary/aromatic N) is 1. The fourth-order valence-corrected chi connectivity index (χ4v) is 2.74. The maximum Gasteiger partial charge on any atom is 0.311 e. The smallest absolute Gasteiger partial charge is 0.311 e. The summed E-state index contributed by atoms with van der Waals surface area (Å²) in [5.74, 6) is -1.03. The maximum atomic E-state index is 11.8. The van der Waals surface area contributed by atoms with Crippen LogP contribution in [0.15, 0.2) is 36.4 Å². The van der Waals surface area contributed by atoms with E-state index in [1.165, 1.54) is 19.2 Å². The van der Waals surface area contributed by atoms with Gasteiger partial charge in [0.2, 0.25) is 0 Å². The fraction of sp³-hybridized carbons (Fsp3) is 0.278. The van der Waals surface area contributed by atoms with Gasteiger partial charge in [-0.05, 0) is 48.2 Å². The van der Waals surface area contributed by atoms with Crippen LogP contribution in [0.4, 0.5) is 5.69 Å². The summed E-state index contributed by atoms with van der Waals surface area (Å²) < 4.78 is 10.1. The van der Waals surface area contributed by atoms with Gasteiger partial charge < -0.3 is 14.6 Å². The molecule has 0 bridgehead atoms. The molecule has 25 heavy (non-hydrogen) atoms. The molecule has 1 atom stereocenters. The standard InChI is InChI=1S/C18H19NO6/c1-11-8-13(24-2)5-6-14(11)15(18(20)21)9-12-4-7-17(25-3)16(10-12)19(22)23/h4-8,10,15H,9H2,1-3H3,(H,20,21). The molecule has 0 saturated heterocycles. The number of carboxylic acids is 1. The molecule has 1 unspecified atom stereocenters. The number of carboxylic acid groups (broad SMARTS) is 1. The van der Waals surface area contributed by atoms with Crippen LogP contribution >= 0.6 is 0 Å². The largest absolute Gasteiger partial charge is 0.497 e. The van der Waals surface area contributed by atoms with E-state index < -0.39 is 16.8 Å². The predicted octanol–water partition coefficient (Wildman–Crippen LogP) is 3.33. The molecule has 2 aromatic rings. The van der Waals surface area contributed by atoms with Gasteiger partial charge in [0.05, 0.1) is 25.1 Å². The minimum atomic E-state index is -0.994. The number of aliphatic carboxylic acids is 1. The lowest BCUT2D eigenvalue weighted by molar-refractivity contribution is -0.385. The van der Waals surface area contributed by atoms with Gasteiger partial charge in [-0.2, -0.15) is 0 Å². The van der Waals surface area contributed by atoms with Crippen LogP contribution in [0.5, 0.6) is 11.5 Å². The predicted molar refractivity (Wildman–Crippen MR) is 91.5 cm³/mol. The number of aryl methyl sites for hydroxylation is 1. The first-order valence-corrected chi connectivity index (χ1v) is 7.56. The number of nitro groups is 1. The van der Waals surface area contributed by atoms with Gasteiger partial charge in [0.1, 0.15) is 5.75 Å². The van der Waals surface area contributed by atoms with E-state index in [0.29, 0.717) is 16.9 Å². The fourth-order valence-electron chi connectivity index (χ4n) is 2.74. The van der Waals surface area contributed by atoms with E-state index in [0.717, 1.165) is 5.56 Å². The molecule has 2 aromatic carbocycles. The van der Waals surface area contributed by atoms with Crippen LogP contribution in [0.2, 0.25) is 0 Å². The molecular weight excluding hydrogens is 326 g/mol. The molecule has 0 saturated carbocycles. The third-order valence-corrected chi connectivity index (χ3v) is 4.03. The minimum Gasteiger partial charge on any atom is -0.497 e. The summed E-state index contributed by atoms with van der Waals surface area (Å²) >= 11 is 0. The second-order valence-corrected chi connectivity index (χ2v) is 5.58. The maximum absolute atomic E-state index is 11.8. The summed E-state index contributed by atoms with van der Waals surface area (Å²) in [6.07, 6.45) is 0.132. The highest BCUT2D eigenvalue weighted by molar-refractivity contribution is 5.77. The number of hydrogen-bond donors (Lipinski definition) is 1. The van der Waals surface area contributed by atoms with Crippen molar-refractivity contribution in [2.24, 2.45) is 0 Å². The van der Waals surface area contributed by atoms with Gasteiger partial charge in [-0.3, -0.25) is 14.9 Å². The average molecular weight is 345 g/mol. The molecule has 0 aliphatic rings. The third kappa shape index (κ3) is 4.06. The number of nitro benzene ring substituents is 1. The Kier molecular flexibility index (Phi) is 5.59. The van der Waals surface area contributed by atoms with E-state index >= 15 is 0 Å². The second-order valence-electron chi connectivity index (χ2n) is 5.58. The highest BCUT2D eigenvalue weighted by atomic mass is 16.6. The zero-order valence-electron chi connectivity index (χ0n) is 14.2. The SMILES string of the molecule is COc1ccc(C(Cc2ccc(OC)c([N+](=O)[O-])c2)C(=O)O)c(C)c1. The quantitative estimate of drug-likeness (QED) is 0.610. The first-order valence-electron chi connectivity index (χ1n) is 7.56. The number of ether oxygens (including phenoxy) is 2. The lowest BCUT2D eigenvalue weighted by Crippen LogP contribution is -2.16. The van der Waals surface area contributed by atoms with E-state index in [2.05, 4.69) is 0 Å². The van der Waals surface area contributed by atoms with Crippen molar-refractivity contribution < 1.29 is 24.3 Å². The number of rotatable bonds is 7. The molecule has 0 aliphatic heterocycles. The van der Waals surface area contributed by atoms with Gasteiger partial charge in [-0.25, -0.2) is 0 Å². The Morgan fingerprint density at radius 1 is 1.20 bits per heavy atom. The Hall–Kier alpha value is -3.09. The summed E-state index contributed by atoms with van der Waals surface area (Å²) in [6.45, 7) is 1.81. The number of hydrogen-bond acceptors (Lipinski definition) is 5. The normalized spacial score (nSPS) is 11.6. The Labute approximate surface area is 145 Å². The van der Waals surface area contributed by atoms with Crippen molar-refractivity contribution in [1.29, 1.82) is 0 Å². The van der Waals surface area contributed by atoms with Gasteiger partial charge in [0, 0.05) is 6.07 Å². The molecule has 1 N–H and O–H groups in total. The monoisotopic (exact) mass is 345 g/mol. The van der Waals surface area contributed by atoms with Crippen LogP contribution in [-0.4, -0.2) is 30.2 Å². The van der Waals surface area contributed by atoms with Gasteiger partial charge in [0.25, 0.3) is 0 Å². The van der Waals surface area contributed by atoms with E-state index in [1.807, 2.05) is 6.92 Å². The van der Waals surface area contributed by atoms with Crippen LogP contribution < -0.4 is 9.47 Å². The molecule has 2 rings (SSSR count). The first kappa shape index (κ1) is 18.3. The lowest BCUT2D eigenvalue weighted by Gasteiger charge is -2.16. The summed E-state index contributed by atoms with van der Waals surface area (Å²) in [5, 5.41) is 20.8. The molecule has 0 spiro atoms. The minimum absolute atomic E-state index is 0.132. The summed E-state index contributed by atoms with van der Waals surface area (Å²) in [4.78, 5) is 22.4. The number of methoxy groups -OCH3 is 2. The van der Waals surface area contributed by atoms with Crippen LogP contribution in [0, 0.1) is 17.0 Å². The molecule has 0 radical (unpaired) electrons. The average Bonchev–Trinajstić information content (AvgIpc) is 2.59. The van der Waals surface area contributed by atoms with E-state index in [4.69, 9.17) is 9.47 Å². The summed E-state index contributed by atoms with van der Waals surface area (Å²) in [5.41, 5.74) is 1.80. The van der Waals surface area contributed by atoms with Crippen molar-refractivity contribution in [3.63, 3.8) is 0 Å². The van der Waals surface area contributed by atoms with Crippen molar-refractivity contribution in [3.05, 3.63) is 63.2 Å². The number of benzene rings is 2. The van der Waals surface area contributed by atoms with Crippen molar-refractivity contribution in [3.8, 4) is 11.5 Å². The highest BCUT2D eigenvalue weighted by Crippen LogP contribution is 2.32. The second kappa shape index (κ2) is 7.65. The zero-order valence-corrected chi connectivity index (χ0v) is 14.2. The van der Waals surface area contributed by atoms with E-state index in [1.54, 1.807) is 31.4 Å². The Morgan fingerprint density at radius 2 is 1.92 bits per heavy atom. The van der Waals surface area contributed by atoms with Crippen LogP contribution in [0.1, 0.15) is 22.6 Å². The Balaban J connectivity index is 2.39. The molecule has 0 aliphatic carbocycles. The molecule has 0 fully saturated rings. The van der Waals surface area contributed by atoms with Gasteiger partial charge in [-0.1, -0.05) is 12.1 Å². The van der Waals surface area contributed by atoms with Crippen molar-refractivity contribution >= 4 is 11.7 Å². The lowest BCUT2D eigenvalue weighted by atomic mass is 9.89. The molecule has 132 valence electrons. The summed E-state index contributed by atoms with van der Waals surface area (Å²) in [6, 6.07) is 9.66. The highest BCUT2D eigenvalue weighted by Gasteiger charge is 2.24. The Bertz CT molecular complexity index is 802. The zero-order chi connectivity index (χ0) is 18.6. The van der Waals surface area contributed by atoms with Gasteiger partial charge in [-0.15, -0.1) is 0 Å². The summed E-state index contributed by atoms with van der Waals surface area (Å²) in [7, 11) is 2.89. The molecule has 7 nitrogen and oxygen atoms in total. The van der Waals surface area contributed by atoms with E-state index in [-0.39, 0.29) is 17.9 Å². The van der Waals surface area contributed by atoms with Crippen LogP contribution in [0.3, 0.4) is 0 Å². The van der Waals surface area contributed by atoms with Crippen molar-refractivity contribution in [1.82, 2.24) is 0 Å². The molecule has 0 aromatic heterocycles. The first-order chi connectivity index (χ1) is 11.9. The molecular formula is C18H19NO6. The van der Waals surface area contributed by atoms with Gasteiger partial charge >= 0.3 is 11.7 Å². The van der Waals surface area contributed by atoms with Crippen LogP contribution in [-0.2, 0) is 11.2 Å². The van der Waals surface area contributed by atoms with Crippen molar-refractivity contribution in [2.75, 3.05) is 14.2 Å². The molecule has 7 heteroatoms. The Morgan fingerprint density at radius 3 is 2.44 bits per heavy atom. The molecule has 0 heterocycles. The topological polar surface area (TPSA) is 98.9 Å². The van der Waals surface area contributed by atoms with Crippen LogP contribution in [0.25, 0.3) is 0 Å². The number of carbonyl (C=O) groups is 1. The van der Waals surface area contributed by atoms with E-state index in [9.17, 15) is 20.0 Å². The third-order valence-electron chi connectivity index (χ3n) is 4.03. The molecule has 0 amide bonds. The van der Waals surface area contributed by atoms with Crippen molar-refractivity contribution in [2.45, 2.75) is 19.3 Å². The van der Waals surface area contributed by atoms with Gasteiger partial charge in [0.15, 0.2) is 5.75 Å².